The minimum atomic E-state index is -2.51. The van der Waals surface area contributed by atoms with Gasteiger partial charge in [-0.3, -0.25) is 10.4 Å². The third-order valence-electron chi connectivity index (χ3n) is 3.76. The molecule has 0 fully saturated rings. The van der Waals surface area contributed by atoms with Gasteiger partial charge in [0.1, 0.15) is 5.70 Å². The van der Waals surface area contributed by atoms with Crippen molar-refractivity contribution < 1.29 is 8.78 Å². The van der Waals surface area contributed by atoms with Crippen molar-refractivity contribution in [3.05, 3.63) is 65.3 Å². The second kappa shape index (κ2) is 5.16. The van der Waals surface area contributed by atoms with Crippen molar-refractivity contribution in [2.45, 2.75) is 32.6 Å². The molecule has 1 aromatic carbocycles. The maximum Gasteiger partial charge on any atom is 0.279 e. The molecule has 3 nitrogen and oxygen atoms in total. The fraction of sp³-hybridized carbons (Fsp3) is 0.294. The van der Waals surface area contributed by atoms with Gasteiger partial charge in [0.25, 0.3) is 6.43 Å². The highest BCUT2D eigenvalue weighted by Crippen LogP contribution is 2.27. The average Bonchev–Trinajstić information content (AvgIpc) is 2.89. The van der Waals surface area contributed by atoms with E-state index in [2.05, 4.69) is 43.6 Å². The number of halogens is 2. The van der Waals surface area contributed by atoms with Gasteiger partial charge in [-0.25, -0.2) is 8.78 Å². The Labute approximate surface area is 129 Å². The second-order valence-electron chi connectivity index (χ2n) is 6.47. The largest absolute Gasteiger partial charge is 0.358 e. The number of rotatable bonds is 2. The standard InChI is InChI=1S/C17H19F2N3/c1-17(2,3)12-6-4-11(5-7-12)15-10-22-13(9-20-15)8-14(21-22)16(18)19/h4-10,16,20-21H,1-3H3. The third kappa shape index (κ3) is 2.71. The molecule has 0 spiro atoms. The van der Waals surface area contributed by atoms with Crippen LogP contribution in [0.1, 0.15) is 31.9 Å². The van der Waals surface area contributed by atoms with Crippen LogP contribution >= 0.6 is 0 Å². The SMILES string of the molecule is CC(C)(C)c1ccc(C2=CN3NC(C(F)F)=CC3=CN2)cc1. The Hall–Kier alpha value is -2.30. The van der Waals surface area contributed by atoms with E-state index in [1.54, 1.807) is 17.4 Å². The molecule has 1 aromatic rings. The lowest BCUT2D eigenvalue weighted by atomic mass is 9.86. The van der Waals surface area contributed by atoms with Gasteiger partial charge in [-0.1, -0.05) is 45.0 Å². The summed E-state index contributed by atoms with van der Waals surface area (Å²) in [6.07, 6.45) is 2.44. The lowest BCUT2D eigenvalue weighted by molar-refractivity contribution is 0.170. The predicted molar refractivity (Wildman–Crippen MR) is 83.4 cm³/mol. The Bertz CT molecular complexity index is 664. The van der Waals surface area contributed by atoms with Crippen molar-refractivity contribution in [2.24, 2.45) is 0 Å². The van der Waals surface area contributed by atoms with Crippen LogP contribution in [0.25, 0.3) is 5.70 Å². The quantitative estimate of drug-likeness (QED) is 0.872. The first-order chi connectivity index (χ1) is 10.3. The van der Waals surface area contributed by atoms with Crippen LogP contribution in [0.5, 0.6) is 0 Å². The second-order valence-corrected chi connectivity index (χ2v) is 6.47. The van der Waals surface area contributed by atoms with E-state index in [1.165, 1.54) is 11.6 Å². The molecule has 2 N–H and O–H groups in total. The van der Waals surface area contributed by atoms with E-state index >= 15 is 0 Å². The fourth-order valence-corrected chi connectivity index (χ4v) is 2.42. The highest BCUT2D eigenvalue weighted by molar-refractivity contribution is 5.67. The molecule has 0 amide bonds. The van der Waals surface area contributed by atoms with E-state index in [1.807, 2.05) is 12.1 Å². The van der Waals surface area contributed by atoms with E-state index in [9.17, 15) is 8.78 Å². The molecule has 0 atom stereocenters. The van der Waals surface area contributed by atoms with Crippen molar-refractivity contribution in [1.29, 1.82) is 0 Å². The first kappa shape index (κ1) is 14.6. The Morgan fingerprint density at radius 3 is 2.36 bits per heavy atom. The van der Waals surface area contributed by atoms with Crippen molar-refractivity contribution in [2.75, 3.05) is 0 Å². The fourth-order valence-electron chi connectivity index (χ4n) is 2.42. The molecule has 0 saturated carbocycles. The van der Waals surface area contributed by atoms with E-state index in [4.69, 9.17) is 0 Å². The molecule has 2 aliphatic rings. The monoisotopic (exact) mass is 303 g/mol. The van der Waals surface area contributed by atoms with Gasteiger partial charge in [0.05, 0.1) is 17.6 Å². The predicted octanol–water partition coefficient (Wildman–Crippen LogP) is 3.70. The topological polar surface area (TPSA) is 27.3 Å². The van der Waals surface area contributed by atoms with Gasteiger partial charge < -0.3 is 5.32 Å². The smallest absolute Gasteiger partial charge is 0.279 e. The lowest BCUT2D eigenvalue weighted by Gasteiger charge is -2.24. The zero-order valence-electron chi connectivity index (χ0n) is 12.8. The zero-order valence-corrected chi connectivity index (χ0v) is 12.8. The number of nitrogens with zero attached hydrogens (tertiary/aromatic N) is 1. The number of hydrazine groups is 1. The van der Waals surface area contributed by atoms with Crippen LogP contribution in [-0.4, -0.2) is 11.4 Å². The van der Waals surface area contributed by atoms with Gasteiger partial charge in [-0.15, -0.1) is 0 Å². The molecule has 5 heteroatoms. The van der Waals surface area contributed by atoms with E-state index < -0.39 is 6.43 Å². The van der Waals surface area contributed by atoms with E-state index in [0.717, 1.165) is 11.3 Å². The molecular weight excluding hydrogens is 284 g/mol. The highest BCUT2D eigenvalue weighted by atomic mass is 19.3. The Kier molecular flexibility index (Phi) is 3.43. The first-order valence-electron chi connectivity index (χ1n) is 7.20. The molecule has 22 heavy (non-hydrogen) atoms. The summed E-state index contributed by atoms with van der Waals surface area (Å²) in [6, 6.07) is 8.26. The van der Waals surface area contributed by atoms with Crippen LogP contribution in [0.4, 0.5) is 8.78 Å². The Morgan fingerprint density at radius 1 is 1.09 bits per heavy atom. The van der Waals surface area contributed by atoms with Crippen LogP contribution in [0.15, 0.2) is 54.1 Å². The minimum Gasteiger partial charge on any atom is -0.358 e. The summed E-state index contributed by atoms with van der Waals surface area (Å²) in [5, 5.41) is 4.75. The van der Waals surface area contributed by atoms with Crippen LogP contribution in [0, 0.1) is 0 Å². The molecule has 0 aliphatic carbocycles. The molecule has 0 unspecified atom stereocenters. The number of allylic oxidation sites excluding steroid dienone is 2. The molecule has 0 saturated heterocycles. The van der Waals surface area contributed by atoms with Gasteiger partial charge in [-0.2, -0.15) is 0 Å². The summed E-state index contributed by atoms with van der Waals surface area (Å²) in [7, 11) is 0. The zero-order chi connectivity index (χ0) is 15.9. The number of alkyl halides is 2. The summed E-state index contributed by atoms with van der Waals surface area (Å²) in [6.45, 7) is 6.50. The number of hydrogen-bond donors (Lipinski definition) is 2. The summed E-state index contributed by atoms with van der Waals surface area (Å²) in [5.74, 6) is 0. The maximum atomic E-state index is 12.7. The van der Waals surface area contributed by atoms with Gasteiger partial charge in [0, 0.05) is 6.20 Å². The Balaban J connectivity index is 1.80. The molecule has 2 heterocycles. The molecule has 2 aliphatic heterocycles. The van der Waals surface area contributed by atoms with E-state index in [-0.39, 0.29) is 11.1 Å². The summed E-state index contributed by atoms with van der Waals surface area (Å²) < 4.78 is 25.5. The molecule has 0 radical (unpaired) electrons. The van der Waals surface area contributed by atoms with Gasteiger partial charge in [0.2, 0.25) is 0 Å². The van der Waals surface area contributed by atoms with Gasteiger partial charge >= 0.3 is 0 Å². The number of nitrogens with one attached hydrogen (secondary N) is 2. The average molecular weight is 303 g/mol. The summed E-state index contributed by atoms with van der Waals surface area (Å²) >= 11 is 0. The summed E-state index contributed by atoms with van der Waals surface area (Å²) in [5.41, 5.74) is 6.50. The van der Waals surface area contributed by atoms with Crippen molar-refractivity contribution >= 4 is 5.70 Å². The van der Waals surface area contributed by atoms with E-state index in [0.29, 0.717) is 5.70 Å². The molecule has 0 bridgehead atoms. The van der Waals surface area contributed by atoms with Crippen molar-refractivity contribution in [1.82, 2.24) is 15.8 Å². The van der Waals surface area contributed by atoms with Gasteiger partial charge in [-0.05, 0) is 22.6 Å². The number of benzene rings is 1. The van der Waals surface area contributed by atoms with Crippen molar-refractivity contribution in [3.63, 3.8) is 0 Å². The number of hydrogen-bond acceptors (Lipinski definition) is 3. The summed E-state index contributed by atoms with van der Waals surface area (Å²) in [4.78, 5) is 0. The normalized spacial score (nSPS) is 17.4. The first-order valence-corrected chi connectivity index (χ1v) is 7.20. The van der Waals surface area contributed by atoms with Crippen LogP contribution in [0.3, 0.4) is 0 Å². The van der Waals surface area contributed by atoms with Crippen LogP contribution in [-0.2, 0) is 5.41 Å². The molecule has 116 valence electrons. The lowest BCUT2D eigenvalue weighted by Crippen LogP contribution is -2.31. The highest BCUT2D eigenvalue weighted by Gasteiger charge is 2.25. The van der Waals surface area contributed by atoms with Crippen LogP contribution < -0.4 is 10.7 Å². The van der Waals surface area contributed by atoms with Crippen LogP contribution in [0.2, 0.25) is 0 Å². The van der Waals surface area contributed by atoms with Crippen molar-refractivity contribution in [3.8, 4) is 0 Å². The van der Waals surface area contributed by atoms with Gasteiger partial charge in [0.15, 0.2) is 0 Å². The molecular formula is C17H19F2N3. The maximum absolute atomic E-state index is 12.7. The molecule has 0 aromatic heterocycles. The minimum absolute atomic E-state index is 0.0892. The Morgan fingerprint density at radius 2 is 1.77 bits per heavy atom. The number of fused-ring (bicyclic) bond motifs is 1. The molecule has 3 rings (SSSR count). The third-order valence-corrected chi connectivity index (χ3v) is 3.76.